The monoisotopic (exact) mass is 322 g/mol. The lowest BCUT2D eigenvalue weighted by molar-refractivity contribution is 0.0667. The molecule has 0 radical (unpaired) electrons. The number of fused-ring (bicyclic) bond motifs is 5. The summed E-state index contributed by atoms with van der Waals surface area (Å²) < 4.78 is 0. The topological polar surface area (TPSA) is 20.2 Å². The van der Waals surface area contributed by atoms with E-state index >= 15 is 0 Å². The highest BCUT2D eigenvalue weighted by molar-refractivity contribution is 5.61. The van der Waals surface area contributed by atoms with E-state index in [2.05, 4.69) is 38.6 Å². The van der Waals surface area contributed by atoms with Crippen molar-refractivity contribution >= 4 is 6.08 Å². The molecule has 0 amide bonds. The highest BCUT2D eigenvalue weighted by atomic mass is 16.3. The predicted octanol–water partition coefficient (Wildman–Crippen LogP) is 6.30. The van der Waals surface area contributed by atoms with Crippen molar-refractivity contribution in [1.29, 1.82) is 0 Å². The zero-order chi connectivity index (χ0) is 16.9. The van der Waals surface area contributed by atoms with Crippen molar-refractivity contribution in [3.05, 3.63) is 47.6 Å². The highest BCUT2D eigenvalue weighted by Gasteiger charge is 2.54. The first kappa shape index (κ1) is 16.0. The second-order valence-electron chi connectivity index (χ2n) is 8.55. The molecule has 0 unspecified atom stereocenters. The Morgan fingerprint density at radius 2 is 2.12 bits per heavy atom. The minimum absolute atomic E-state index is 0.384. The van der Waals surface area contributed by atoms with E-state index in [9.17, 15) is 5.11 Å². The van der Waals surface area contributed by atoms with Crippen LogP contribution in [0.3, 0.4) is 0 Å². The average molecular weight is 322 g/mol. The van der Waals surface area contributed by atoms with Gasteiger partial charge in [-0.05, 0) is 84.5 Å². The number of aromatic hydroxyl groups is 1. The van der Waals surface area contributed by atoms with Crippen LogP contribution in [0.1, 0.15) is 69.4 Å². The van der Waals surface area contributed by atoms with Crippen LogP contribution in [0.4, 0.5) is 0 Å². The maximum absolute atomic E-state index is 9.78. The quantitative estimate of drug-likeness (QED) is 0.647. The van der Waals surface area contributed by atoms with Gasteiger partial charge in [0.05, 0.1) is 0 Å². The third kappa shape index (κ3) is 2.28. The van der Waals surface area contributed by atoms with Crippen LogP contribution in [0.25, 0.3) is 6.08 Å². The van der Waals surface area contributed by atoms with Gasteiger partial charge in [0.1, 0.15) is 5.75 Å². The molecular formula is C23H30O. The summed E-state index contributed by atoms with van der Waals surface area (Å²) in [5, 5.41) is 9.78. The second kappa shape index (κ2) is 5.79. The summed E-state index contributed by atoms with van der Waals surface area (Å²) >= 11 is 0. The summed E-state index contributed by atoms with van der Waals surface area (Å²) in [6.07, 6.45) is 12.4. The van der Waals surface area contributed by atoms with Gasteiger partial charge in [0.15, 0.2) is 0 Å². The van der Waals surface area contributed by atoms with Crippen molar-refractivity contribution in [3.8, 4) is 5.75 Å². The molecule has 24 heavy (non-hydrogen) atoms. The van der Waals surface area contributed by atoms with E-state index in [0.29, 0.717) is 23.0 Å². The molecule has 0 spiro atoms. The van der Waals surface area contributed by atoms with Crippen molar-refractivity contribution in [1.82, 2.24) is 0 Å². The van der Waals surface area contributed by atoms with Gasteiger partial charge in [-0.2, -0.15) is 0 Å². The Kier molecular flexibility index (Phi) is 3.86. The molecule has 1 aromatic rings. The van der Waals surface area contributed by atoms with E-state index in [1.807, 2.05) is 12.1 Å². The lowest BCUT2D eigenvalue weighted by Crippen LogP contribution is -2.41. The number of phenolic OH excluding ortho intramolecular Hbond substituents is 1. The first-order valence-corrected chi connectivity index (χ1v) is 9.73. The first-order chi connectivity index (χ1) is 11.5. The first-order valence-electron chi connectivity index (χ1n) is 9.73. The Hall–Kier alpha value is -1.50. The van der Waals surface area contributed by atoms with Gasteiger partial charge in [0, 0.05) is 0 Å². The van der Waals surface area contributed by atoms with Crippen molar-refractivity contribution in [3.63, 3.8) is 0 Å². The van der Waals surface area contributed by atoms with Crippen molar-refractivity contribution in [2.45, 2.75) is 58.3 Å². The molecule has 0 aromatic heterocycles. The summed E-state index contributed by atoms with van der Waals surface area (Å²) in [6, 6.07) is 5.96. The van der Waals surface area contributed by atoms with E-state index < -0.39 is 0 Å². The molecule has 2 saturated carbocycles. The van der Waals surface area contributed by atoms with Crippen LogP contribution in [0, 0.1) is 23.2 Å². The lowest BCUT2D eigenvalue weighted by Gasteiger charge is -2.49. The van der Waals surface area contributed by atoms with Crippen LogP contribution in [0.2, 0.25) is 0 Å². The molecule has 1 aromatic carbocycles. The summed E-state index contributed by atoms with van der Waals surface area (Å²) in [7, 11) is 0. The van der Waals surface area contributed by atoms with Crippen LogP contribution in [-0.4, -0.2) is 5.11 Å². The Morgan fingerprint density at radius 3 is 2.92 bits per heavy atom. The largest absolute Gasteiger partial charge is 0.508 e. The molecule has 0 saturated heterocycles. The molecule has 0 heterocycles. The molecular weight excluding hydrogens is 292 g/mol. The van der Waals surface area contributed by atoms with Crippen molar-refractivity contribution < 1.29 is 5.11 Å². The number of hydrogen-bond donors (Lipinski definition) is 1. The predicted molar refractivity (Wildman–Crippen MR) is 101 cm³/mol. The second-order valence-corrected chi connectivity index (χ2v) is 8.55. The van der Waals surface area contributed by atoms with Gasteiger partial charge >= 0.3 is 0 Å². The van der Waals surface area contributed by atoms with Crippen LogP contribution in [-0.2, 0) is 0 Å². The lowest BCUT2D eigenvalue weighted by atomic mass is 9.55. The summed E-state index contributed by atoms with van der Waals surface area (Å²) in [6.45, 7) is 9.29. The third-order valence-corrected chi connectivity index (χ3v) is 7.36. The third-order valence-electron chi connectivity index (χ3n) is 7.36. The molecule has 1 nitrogen and oxygen atoms in total. The fourth-order valence-corrected chi connectivity index (χ4v) is 6.25. The minimum atomic E-state index is 0.384. The molecule has 128 valence electrons. The maximum atomic E-state index is 9.78. The van der Waals surface area contributed by atoms with Gasteiger partial charge in [-0.1, -0.05) is 50.6 Å². The van der Waals surface area contributed by atoms with Crippen LogP contribution >= 0.6 is 0 Å². The van der Waals surface area contributed by atoms with Crippen LogP contribution < -0.4 is 0 Å². The number of allylic oxidation sites excluding steroid dienone is 2. The van der Waals surface area contributed by atoms with Gasteiger partial charge in [-0.3, -0.25) is 0 Å². The number of hydrogen-bond acceptors (Lipinski definition) is 1. The molecule has 0 aliphatic heterocycles. The Morgan fingerprint density at radius 1 is 1.29 bits per heavy atom. The fraction of sp³-hybridized carbons (Fsp3) is 0.565. The molecule has 3 aliphatic carbocycles. The van der Waals surface area contributed by atoms with Crippen LogP contribution in [0.15, 0.2) is 36.4 Å². The van der Waals surface area contributed by atoms with Crippen molar-refractivity contribution in [2.24, 2.45) is 23.2 Å². The van der Waals surface area contributed by atoms with E-state index in [4.69, 9.17) is 0 Å². The van der Waals surface area contributed by atoms with Gasteiger partial charge in [-0.15, -0.1) is 0 Å². The Bertz CT molecular complexity index is 685. The zero-order valence-electron chi connectivity index (χ0n) is 15.1. The summed E-state index contributed by atoms with van der Waals surface area (Å²) in [5.74, 6) is 3.20. The summed E-state index contributed by atoms with van der Waals surface area (Å²) in [5.41, 5.74) is 4.63. The number of benzene rings is 1. The minimum Gasteiger partial charge on any atom is -0.508 e. The molecule has 1 N–H and O–H groups in total. The van der Waals surface area contributed by atoms with E-state index in [1.54, 1.807) is 0 Å². The van der Waals surface area contributed by atoms with Crippen molar-refractivity contribution in [2.75, 3.05) is 0 Å². The normalized spacial score (nSPS) is 36.8. The molecule has 1 heteroatoms. The molecule has 2 fully saturated rings. The maximum Gasteiger partial charge on any atom is 0.116 e. The van der Waals surface area contributed by atoms with Gasteiger partial charge in [-0.25, -0.2) is 0 Å². The SMILES string of the molecule is C=C(CCC)[C@H]1CC[C@H]2[C@@H]3C=Cc4cc(O)ccc4[C@H]3CC[C@]12C. The van der Waals surface area contributed by atoms with E-state index in [1.165, 1.54) is 55.2 Å². The summed E-state index contributed by atoms with van der Waals surface area (Å²) in [4.78, 5) is 0. The zero-order valence-corrected chi connectivity index (χ0v) is 15.1. The average Bonchev–Trinajstić information content (AvgIpc) is 2.92. The van der Waals surface area contributed by atoms with Gasteiger partial charge in [0.2, 0.25) is 0 Å². The smallest absolute Gasteiger partial charge is 0.116 e. The molecule has 5 atom stereocenters. The van der Waals surface area contributed by atoms with E-state index in [-0.39, 0.29) is 0 Å². The van der Waals surface area contributed by atoms with Gasteiger partial charge < -0.3 is 5.11 Å². The fourth-order valence-electron chi connectivity index (χ4n) is 6.25. The standard InChI is InChI=1S/C23H30O/c1-4-5-15(2)21-10-11-22-20-8-6-16-14-17(24)7-9-18(16)19(20)12-13-23(21,22)3/h6-9,14,19-22,24H,2,4-5,10-13H2,1,3H3/t19-,20-,21-,22+,23-/m1/s1. The number of phenols is 1. The van der Waals surface area contributed by atoms with Gasteiger partial charge in [0.25, 0.3) is 0 Å². The van der Waals surface area contributed by atoms with Crippen LogP contribution in [0.5, 0.6) is 5.75 Å². The molecule has 3 aliphatic rings. The molecule has 0 bridgehead atoms. The Labute approximate surface area is 146 Å². The van der Waals surface area contributed by atoms with E-state index in [0.717, 1.165) is 11.8 Å². The Balaban J connectivity index is 1.65. The highest BCUT2D eigenvalue weighted by Crippen LogP contribution is 2.63. The molecule has 4 rings (SSSR count). The number of rotatable bonds is 3.